The van der Waals surface area contributed by atoms with Gasteiger partial charge in [0.05, 0.1) is 61.0 Å². The van der Waals surface area contributed by atoms with Crippen LogP contribution in [0, 0.1) is 5.41 Å². The van der Waals surface area contributed by atoms with Crippen molar-refractivity contribution in [3.8, 4) is 23.0 Å². The topological polar surface area (TPSA) is 173 Å². The largest absolute Gasteiger partial charge is 0.465 e. The number of carbonyl (C=O) groups excluding carboxylic acids is 4. The normalized spacial score (nSPS) is 19.5. The number of rotatable bonds is 26. The first-order chi connectivity index (χ1) is 43.9. The zero-order valence-corrected chi connectivity index (χ0v) is 59.1. The summed E-state index contributed by atoms with van der Waals surface area (Å²) in [7, 11) is 1.47. The Morgan fingerprint density at radius 1 is 0.570 bits per heavy atom. The molecule has 0 aromatic heterocycles. The second-order valence-corrected chi connectivity index (χ2v) is 36.7. The van der Waals surface area contributed by atoms with E-state index in [-0.39, 0.29) is 55.2 Å². The van der Waals surface area contributed by atoms with Crippen LogP contribution < -0.4 is 28.7 Å². The van der Waals surface area contributed by atoms with Crippen LogP contribution in [0.3, 0.4) is 0 Å². The average molecular weight is 1310 g/mol. The fourth-order valence-electron chi connectivity index (χ4n) is 13.2. The molecule has 0 saturated carbocycles. The quantitative estimate of drug-likeness (QED) is 0.0285. The minimum atomic E-state index is -1.53. The molecule has 4 heterocycles. The Kier molecular flexibility index (Phi) is 19.4. The highest BCUT2D eigenvalue weighted by Gasteiger charge is 2.60. The van der Waals surface area contributed by atoms with E-state index in [2.05, 4.69) is 121 Å². The lowest BCUT2D eigenvalue weighted by Gasteiger charge is -2.56. The molecule has 93 heavy (non-hydrogen) atoms. The maximum atomic E-state index is 13.6. The summed E-state index contributed by atoms with van der Waals surface area (Å²) in [4.78, 5) is 68.1. The fourth-order valence-corrected chi connectivity index (χ4v) is 17.9. The maximum absolute atomic E-state index is 13.6. The highest BCUT2D eigenvalue weighted by Crippen LogP contribution is 2.66. The molecule has 18 heteroatoms. The molecule has 2 unspecified atom stereocenters. The summed E-state index contributed by atoms with van der Waals surface area (Å²) in [5, 5.41) is 3.27. The van der Waals surface area contributed by atoms with Crippen LogP contribution >= 0.6 is 20.3 Å². The van der Waals surface area contributed by atoms with Crippen molar-refractivity contribution in [1.82, 2.24) is 0 Å². The molecule has 6 aromatic rings. The number of ether oxygens (including phenoxy) is 7. The Morgan fingerprint density at radius 3 is 1.45 bits per heavy atom. The number of anilines is 2. The molecular formula is C75H96N4O12S2. The van der Waals surface area contributed by atoms with Gasteiger partial charge in [-0.15, -0.1) is 10.3 Å². The Balaban J connectivity index is 0.758. The van der Waals surface area contributed by atoms with Gasteiger partial charge in [0.25, 0.3) is 0 Å². The first kappa shape index (κ1) is 68.7. The van der Waals surface area contributed by atoms with Crippen molar-refractivity contribution >= 4 is 101 Å². The lowest BCUT2D eigenvalue weighted by molar-refractivity contribution is -0.160. The molecule has 0 fully saturated rings. The highest BCUT2D eigenvalue weighted by atomic mass is 32.3. The summed E-state index contributed by atoms with van der Waals surface area (Å²) in [6, 6.07) is 35.0. The van der Waals surface area contributed by atoms with E-state index in [1.807, 2.05) is 94.1 Å². The van der Waals surface area contributed by atoms with Crippen molar-refractivity contribution in [3.63, 3.8) is 0 Å². The first-order valence-electron chi connectivity index (χ1n) is 32.6. The number of esters is 4. The molecule has 2 spiro atoms. The van der Waals surface area contributed by atoms with Crippen molar-refractivity contribution in [2.75, 3.05) is 81.1 Å². The van der Waals surface area contributed by atoms with Gasteiger partial charge in [0, 0.05) is 47.6 Å². The number of fused-ring (bicyclic) bond motifs is 8. The standard InChI is InChI=1S/C75H96N4O12S2/c1-17-19-43-92(13,14)72(9,10)91-93(15,16)69(3,4)41-24-42-84-48-73(18-2,49-85-63(80)37-39-65(82)87-53-33-29-51-31-35-61-67(55(51)44-53)76-46-74(89-61)70(5,6)57-25-20-22-27-59(57)78(74)11)50-86-64(81)38-40-66(83)88-54-34-30-52-32-36-62-68(56(52)45-54)77-47-75(90-62)71(7,8)58-26-21-23-28-60(58)79(75)12/h20-23,25-36,44-47H,17-19,24,37-43,48-50H2,1-16H3. The van der Waals surface area contributed by atoms with Gasteiger partial charge in [0.1, 0.15) is 52.5 Å². The average Bonchev–Trinajstić information content (AvgIpc) is 1.57. The second-order valence-electron chi connectivity index (χ2n) is 28.5. The van der Waals surface area contributed by atoms with Crippen molar-refractivity contribution in [2.24, 2.45) is 15.4 Å². The van der Waals surface area contributed by atoms with E-state index in [9.17, 15) is 19.2 Å². The van der Waals surface area contributed by atoms with E-state index in [4.69, 9.17) is 47.3 Å². The smallest absolute Gasteiger partial charge is 0.311 e. The molecule has 0 saturated heterocycles. The van der Waals surface area contributed by atoms with Crippen LogP contribution in [0.15, 0.2) is 119 Å². The van der Waals surface area contributed by atoms with E-state index >= 15 is 0 Å². The Hall–Kier alpha value is -7.12. The number of aliphatic imine (C=N–C) groups is 2. The molecule has 16 nitrogen and oxygen atoms in total. The van der Waals surface area contributed by atoms with Crippen LogP contribution in [-0.4, -0.2) is 129 Å². The molecule has 0 radical (unpaired) electrons. The number of para-hydroxylation sites is 2. The van der Waals surface area contributed by atoms with Gasteiger partial charge >= 0.3 is 23.9 Å². The molecular weight excluding hydrogens is 1210 g/mol. The van der Waals surface area contributed by atoms with Crippen molar-refractivity contribution in [2.45, 2.75) is 159 Å². The summed E-state index contributed by atoms with van der Waals surface area (Å²) >= 11 is 0. The summed E-state index contributed by atoms with van der Waals surface area (Å²) < 4.78 is 50.7. The molecule has 4 aliphatic heterocycles. The SMILES string of the molecule is CCCCS(C)(C)C(C)(C)OS(C)(C)C(C)(C)CCCOCC(CC)(COC(=O)CCC(=O)Oc1ccc2ccc3c(c2c1)N=CC1(O3)N(C)c2ccccc2C1(C)C)COC(=O)CCC(=O)Oc1ccc2ccc3c(c2c1)N=CC1(O3)N(C)c2ccccc2C1(C)C. The number of benzene rings is 6. The van der Waals surface area contributed by atoms with E-state index in [1.165, 1.54) is 6.42 Å². The molecule has 4 aliphatic rings. The molecule has 0 bridgehead atoms. The Bertz CT molecular complexity index is 3680. The molecule has 0 amide bonds. The van der Waals surface area contributed by atoms with Gasteiger partial charge in [-0.3, -0.25) is 29.2 Å². The Morgan fingerprint density at radius 2 is 1.01 bits per heavy atom. The van der Waals surface area contributed by atoms with Crippen molar-refractivity contribution in [3.05, 3.63) is 120 Å². The minimum Gasteiger partial charge on any atom is -0.465 e. The number of nitrogens with zero attached hydrogens (tertiary/aromatic N) is 4. The maximum Gasteiger partial charge on any atom is 0.311 e. The third kappa shape index (κ3) is 13.1. The number of unbranched alkanes of at least 4 members (excludes halogenated alkanes) is 1. The Labute approximate surface area is 553 Å². The van der Waals surface area contributed by atoms with Crippen molar-refractivity contribution < 1.29 is 56.5 Å². The predicted octanol–water partition coefficient (Wildman–Crippen LogP) is 16.2. The van der Waals surface area contributed by atoms with Gasteiger partial charge in [-0.1, -0.05) is 94.8 Å². The van der Waals surface area contributed by atoms with Crippen LogP contribution in [0.2, 0.25) is 0 Å². The summed E-state index contributed by atoms with van der Waals surface area (Å²) in [5.41, 5.74) is 2.19. The zero-order chi connectivity index (χ0) is 67.2. The number of hydrogen-bond donors (Lipinski definition) is 0. The van der Waals surface area contributed by atoms with Gasteiger partial charge in [-0.2, -0.15) is 0 Å². The second kappa shape index (κ2) is 26.2. The van der Waals surface area contributed by atoms with Crippen LogP contribution in [0.1, 0.15) is 138 Å². The van der Waals surface area contributed by atoms with Gasteiger partial charge in [-0.25, -0.2) is 10.0 Å². The van der Waals surface area contributed by atoms with E-state index < -0.39 is 71.9 Å². The van der Waals surface area contributed by atoms with Crippen LogP contribution in [0.25, 0.3) is 21.5 Å². The molecule has 0 N–H and O–H groups in total. The summed E-state index contributed by atoms with van der Waals surface area (Å²) in [6.45, 7) is 22.0. The lowest BCUT2D eigenvalue weighted by atomic mass is 9.77. The monoisotopic (exact) mass is 1310 g/mol. The van der Waals surface area contributed by atoms with Gasteiger partial charge < -0.3 is 47.1 Å². The third-order valence-corrected chi connectivity index (χ3v) is 28.6. The minimum absolute atomic E-state index is 0.108. The zero-order valence-electron chi connectivity index (χ0n) is 57.5. The van der Waals surface area contributed by atoms with E-state index in [1.54, 1.807) is 24.3 Å². The van der Waals surface area contributed by atoms with E-state index in [0.29, 0.717) is 47.4 Å². The number of carbonyl (C=O) groups is 4. The van der Waals surface area contributed by atoms with Crippen LogP contribution in [-0.2, 0) is 48.4 Å². The van der Waals surface area contributed by atoms with Crippen LogP contribution in [0.4, 0.5) is 22.7 Å². The van der Waals surface area contributed by atoms with Crippen molar-refractivity contribution in [1.29, 1.82) is 0 Å². The molecule has 6 aromatic carbocycles. The predicted molar refractivity (Wildman–Crippen MR) is 379 cm³/mol. The molecule has 0 aliphatic carbocycles. The molecule has 2 atom stereocenters. The van der Waals surface area contributed by atoms with Gasteiger partial charge in [0.2, 0.25) is 11.4 Å². The van der Waals surface area contributed by atoms with Gasteiger partial charge in [-0.05, 0) is 168 Å². The fraction of sp³-hybridized carbons (Fsp3) is 0.493. The van der Waals surface area contributed by atoms with Gasteiger partial charge in [0.15, 0.2) is 0 Å². The first-order valence-corrected chi connectivity index (χ1v) is 37.6. The summed E-state index contributed by atoms with van der Waals surface area (Å²) in [5.74, 6) is 0.475. The highest BCUT2D eigenvalue weighted by molar-refractivity contribution is 8.34. The summed E-state index contributed by atoms with van der Waals surface area (Å²) in [6.07, 6.45) is 16.4. The molecule has 500 valence electrons. The van der Waals surface area contributed by atoms with E-state index in [0.717, 1.165) is 69.1 Å². The number of hydrogen-bond acceptors (Lipinski definition) is 16. The van der Waals surface area contributed by atoms with Crippen LogP contribution in [0.5, 0.6) is 23.0 Å². The lowest BCUT2D eigenvalue weighted by Crippen LogP contribution is -2.61. The third-order valence-electron chi connectivity index (χ3n) is 20.7. The molecule has 10 rings (SSSR count). The number of likely N-dealkylation sites (N-methyl/N-ethyl adjacent to an activating group) is 2.